The zero-order valence-corrected chi connectivity index (χ0v) is 10.5. The minimum atomic E-state index is -1.02. The van der Waals surface area contributed by atoms with Gasteiger partial charge >= 0.3 is 5.97 Å². The highest BCUT2D eigenvalue weighted by Gasteiger charge is 2.23. The monoisotopic (exact) mass is 262 g/mol. The minimum Gasteiger partial charge on any atom is -0.478 e. The molecule has 0 radical (unpaired) electrons. The SMILES string of the molecule is CC(=O)CCN1CC(=O)Nc2ccc(C(=O)O)cc21. The molecule has 6 nitrogen and oxygen atoms in total. The Bertz CT molecular complexity index is 554. The molecule has 0 saturated carbocycles. The summed E-state index contributed by atoms with van der Waals surface area (Å²) in [5.41, 5.74) is 1.37. The lowest BCUT2D eigenvalue weighted by atomic mass is 10.1. The molecule has 0 spiro atoms. The summed E-state index contributed by atoms with van der Waals surface area (Å²) in [6, 6.07) is 4.52. The van der Waals surface area contributed by atoms with E-state index >= 15 is 0 Å². The Labute approximate surface area is 110 Å². The van der Waals surface area contributed by atoms with Crippen LogP contribution in [-0.2, 0) is 9.59 Å². The van der Waals surface area contributed by atoms with Gasteiger partial charge in [-0.2, -0.15) is 0 Å². The van der Waals surface area contributed by atoms with Crippen molar-refractivity contribution in [1.82, 2.24) is 0 Å². The molecule has 1 aliphatic rings. The van der Waals surface area contributed by atoms with Crippen LogP contribution >= 0.6 is 0 Å². The number of carbonyl (C=O) groups is 3. The van der Waals surface area contributed by atoms with E-state index < -0.39 is 5.97 Å². The Kier molecular flexibility index (Phi) is 3.50. The molecular weight excluding hydrogens is 248 g/mol. The quantitative estimate of drug-likeness (QED) is 0.849. The molecule has 2 rings (SSSR count). The fourth-order valence-electron chi connectivity index (χ4n) is 1.97. The maximum atomic E-state index is 11.5. The summed E-state index contributed by atoms with van der Waals surface area (Å²) in [7, 11) is 0. The third-order valence-corrected chi connectivity index (χ3v) is 2.93. The van der Waals surface area contributed by atoms with Crippen molar-refractivity contribution in [3.8, 4) is 0 Å². The maximum absolute atomic E-state index is 11.5. The number of nitrogens with one attached hydrogen (secondary N) is 1. The molecule has 1 amide bonds. The number of rotatable bonds is 4. The number of ketones is 1. The number of fused-ring (bicyclic) bond motifs is 1. The lowest BCUT2D eigenvalue weighted by molar-refractivity contribution is -0.117. The maximum Gasteiger partial charge on any atom is 0.335 e. The Balaban J connectivity index is 2.32. The molecular formula is C13H14N2O4. The summed E-state index contributed by atoms with van der Waals surface area (Å²) < 4.78 is 0. The number of carboxylic acid groups (broad SMARTS) is 1. The van der Waals surface area contributed by atoms with Crippen LogP contribution in [0.1, 0.15) is 23.7 Å². The number of Topliss-reactive ketones (excluding diaryl/α,β-unsaturated/α-hetero) is 1. The molecule has 0 aliphatic carbocycles. The molecule has 1 aromatic carbocycles. The first kappa shape index (κ1) is 13.1. The van der Waals surface area contributed by atoms with E-state index in [0.29, 0.717) is 24.3 Å². The molecule has 1 aliphatic heterocycles. The number of carboxylic acids is 1. The van der Waals surface area contributed by atoms with E-state index in [4.69, 9.17) is 5.11 Å². The zero-order valence-electron chi connectivity index (χ0n) is 10.5. The van der Waals surface area contributed by atoms with E-state index in [-0.39, 0.29) is 23.8 Å². The van der Waals surface area contributed by atoms with Crippen molar-refractivity contribution in [1.29, 1.82) is 0 Å². The van der Waals surface area contributed by atoms with Gasteiger partial charge in [0.15, 0.2) is 0 Å². The van der Waals surface area contributed by atoms with Crippen LogP contribution in [0.2, 0.25) is 0 Å². The molecule has 19 heavy (non-hydrogen) atoms. The van der Waals surface area contributed by atoms with Gasteiger partial charge in [0, 0.05) is 13.0 Å². The van der Waals surface area contributed by atoms with E-state index in [9.17, 15) is 14.4 Å². The molecule has 1 heterocycles. The minimum absolute atomic E-state index is 0.0296. The van der Waals surface area contributed by atoms with Crippen LogP contribution in [0.4, 0.5) is 11.4 Å². The van der Waals surface area contributed by atoms with E-state index in [0.717, 1.165) is 0 Å². The van der Waals surface area contributed by atoms with Gasteiger partial charge in [-0.05, 0) is 25.1 Å². The van der Waals surface area contributed by atoms with Gasteiger partial charge < -0.3 is 15.3 Å². The van der Waals surface area contributed by atoms with E-state index in [1.54, 1.807) is 11.0 Å². The van der Waals surface area contributed by atoms with E-state index in [1.165, 1.54) is 19.1 Å². The van der Waals surface area contributed by atoms with E-state index in [1.807, 2.05) is 0 Å². The van der Waals surface area contributed by atoms with Gasteiger partial charge in [0.2, 0.25) is 5.91 Å². The zero-order chi connectivity index (χ0) is 14.0. The van der Waals surface area contributed by atoms with Gasteiger partial charge in [0.25, 0.3) is 0 Å². The predicted molar refractivity (Wildman–Crippen MR) is 69.5 cm³/mol. The molecule has 0 unspecified atom stereocenters. The first-order valence-corrected chi connectivity index (χ1v) is 5.89. The summed E-state index contributed by atoms with van der Waals surface area (Å²) in [6.45, 7) is 2.01. The number of carbonyl (C=O) groups excluding carboxylic acids is 2. The van der Waals surface area contributed by atoms with Gasteiger partial charge in [0.05, 0.1) is 23.5 Å². The summed E-state index contributed by atoms with van der Waals surface area (Å²) in [5, 5.41) is 11.7. The van der Waals surface area contributed by atoms with Crippen LogP contribution in [0.25, 0.3) is 0 Å². The largest absolute Gasteiger partial charge is 0.478 e. The number of hydrogen-bond donors (Lipinski definition) is 2. The van der Waals surface area contributed by atoms with Crippen LogP contribution in [0.3, 0.4) is 0 Å². The Morgan fingerprint density at radius 3 is 2.79 bits per heavy atom. The highest BCUT2D eigenvalue weighted by atomic mass is 16.4. The molecule has 100 valence electrons. The predicted octanol–water partition coefficient (Wildman–Crippen LogP) is 1.12. The summed E-state index contributed by atoms with van der Waals surface area (Å²) in [6.07, 6.45) is 0.323. The van der Waals surface area contributed by atoms with Crippen molar-refractivity contribution in [2.24, 2.45) is 0 Å². The van der Waals surface area contributed by atoms with Crippen LogP contribution < -0.4 is 10.2 Å². The van der Waals surface area contributed by atoms with Crippen LogP contribution in [0.15, 0.2) is 18.2 Å². The third-order valence-electron chi connectivity index (χ3n) is 2.93. The van der Waals surface area contributed by atoms with Crippen molar-refractivity contribution in [2.45, 2.75) is 13.3 Å². The molecule has 1 aromatic rings. The van der Waals surface area contributed by atoms with Crippen LogP contribution in [-0.4, -0.2) is 35.9 Å². The lowest BCUT2D eigenvalue weighted by Gasteiger charge is -2.30. The number of aromatic carboxylic acids is 1. The van der Waals surface area contributed by atoms with Gasteiger partial charge in [-0.15, -0.1) is 0 Å². The second-order valence-electron chi connectivity index (χ2n) is 4.46. The number of benzene rings is 1. The van der Waals surface area contributed by atoms with Crippen molar-refractivity contribution in [3.63, 3.8) is 0 Å². The molecule has 0 saturated heterocycles. The Hall–Kier alpha value is -2.37. The highest BCUT2D eigenvalue weighted by molar-refractivity contribution is 6.02. The molecule has 0 bridgehead atoms. The smallest absolute Gasteiger partial charge is 0.335 e. The second kappa shape index (κ2) is 5.09. The van der Waals surface area contributed by atoms with Crippen molar-refractivity contribution in [3.05, 3.63) is 23.8 Å². The molecule has 6 heteroatoms. The third kappa shape index (κ3) is 2.90. The summed E-state index contributed by atoms with van der Waals surface area (Å²) in [4.78, 5) is 35.3. The van der Waals surface area contributed by atoms with Crippen LogP contribution in [0.5, 0.6) is 0 Å². The number of anilines is 2. The summed E-state index contributed by atoms with van der Waals surface area (Å²) in [5.74, 6) is -1.16. The Morgan fingerprint density at radius 1 is 1.42 bits per heavy atom. The molecule has 2 N–H and O–H groups in total. The second-order valence-corrected chi connectivity index (χ2v) is 4.46. The number of hydrogen-bond acceptors (Lipinski definition) is 4. The fourth-order valence-corrected chi connectivity index (χ4v) is 1.97. The van der Waals surface area contributed by atoms with Gasteiger partial charge in [-0.25, -0.2) is 4.79 Å². The molecule has 0 fully saturated rings. The standard InChI is InChI=1S/C13H14N2O4/c1-8(16)4-5-15-7-12(17)14-10-3-2-9(13(18)19)6-11(10)15/h2-3,6H,4-5,7H2,1H3,(H,14,17)(H,18,19). The number of nitrogens with zero attached hydrogens (tertiary/aromatic N) is 1. The van der Waals surface area contributed by atoms with Crippen molar-refractivity contribution >= 4 is 29.0 Å². The van der Waals surface area contributed by atoms with E-state index in [2.05, 4.69) is 5.32 Å². The topological polar surface area (TPSA) is 86.7 Å². The average Bonchev–Trinajstić information content (AvgIpc) is 2.35. The molecule has 0 atom stereocenters. The average molecular weight is 262 g/mol. The number of amides is 1. The summed E-state index contributed by atoms with van der Waals surface area (Å²) >= 11 is 0. The van der Waals surface area contributed by atoms with Crippen LogP contribution in [0, 0.1) is 0 Å². The highest BCUT2D eigenvalue weighted by Crippen LogP contribution is 2.30. The van der Waals surface area contributed by atoms with Gasteiger partial charge in [0.1, 0.15) is 5.78 Å². The first-order chi connectivity index (χ1) is 8.97. The normalized spacial score (nSPS) is 13.7. The Morgan fingerprint density at radius 2 is 2.16 bits per heavy atom. The molecule has 0 aromatic heterocycles. The fraction of sp³-hybridized carbons (Fsp3) is 0.308. The van der Waals surface area contributed by atoms with Gasteiger partial charge in [-0.3, -0.25) is 9.59 Å². The first-order valence-electron chi connectivity index (χ1n) is 5.89. The van der Waals surface area contributed by atoms with Crippen molar-refractivity contribution in [2.75, 3.05) is 23.3 Å². The lowest BCUT2D eigenvalue weighted by Crippen LogP contribution is -2.39. The van der Waals surface area contributed by atoms with Crippen molar-refractivity contribution < 1.29 is 19.5 Å². The van der Waals surface area contributed by atoms with Gasteiger partial charge in [-0.1, -0.05) is 0 Å².